The highest BCUT2D eigenvalue weighted by molar-refractivity contribution is 5.47. The lowest BCUT2D eigenvalue weighted by Crippen LogP contribution is -2.01. The molecular formula is C18H12. The molecule has 18 heavy (non-hydrogen) atoms. The standard InChI is InChI=1S/C18H12/c1-3-7-15(8-4-1)17-11-13-18(14-12-17)16-9-5-2-6-10-16/h1-10,17-18H. The van der Waals surface area contributed by atoms with Crippen molar-refractivity contribution < 1.29 is 0 Å². The maximum Gasteiger partial charge on any atom is 0.106 e. The number of rotatable bonds is 2. The van der Waals surface area contributed by atoms with E-state index in [1.807, 2.05) is 36.4 Å². The van der Waals surface area contributed by atoms with Gasteiger partial charge in [-0.2, -0.15) is 0 Å². The summed E-state index contributed by atoms with van der Waals surface area (Å²) in [7, 11) is 0. The molecule has 2 aromatic carbocycles. The molecule has 0 aromatic heterocycles. The van der Waals surface area contributed by atoms with Crippen molar-refractivity contribution in [2.75, 3.05) is 0 Å². The van der Waals surface area contributed by atoms with Crippen molar-refractivity contribution >= 4 is 0 Å². The second-order valence-electron chi connectivity index (χ2n) is 4.26. The number of hydrogen-bond donors (Lipinski definition) is 0. The van der Waals surface area contributed by atoms with E-state index in [4.69, 9.17) is 0 Å². The first-order valence-electron chi connectivity index (χ1n) is 6.05. The van der Waals surface area contributed by atoms with Crippen LogP contribution in [-0.2, 0) is 0 Å². The van der Waals surface area contributed by atoms with Gasteiger partial charge < -0.3 is 0 Å². The minimum Gasteiger partial charge on any atom is -0.0802 e. The monoisotopic (exact) mass is 228 g/mol. The Labute approximate surface area is 108 Å². The predicted octanol–water partition coefficient (Wildman–Crippen LogP) is 3.57. The Morgan fingerprint density at radius 3 is 1.17 bits per heavy atom. The molecule has 0 amide bonds. The van der Waals surface area contributed by atoms with Crippen LogP contribution in [0.5, 0.6) is 0 Å². The van der Waals surface area contributed by atoms with Gasteiger partial charge in [0.25, 0.3) is 0 Å². The molecule has 84 valence electrons. The first kappa shape index (κ1) is 10.7. The van der Waals surface area contributed by atoms with Gasteiger partial charge in [0.2, 0.25) is 0 Å². The van der Waals surface area contributed by atoms with Gasteiger partial charge in [-0.3, -0.25) is 0 Å². The summed E-state index contributed by atoms with van der Waals surface area (Å²) >= 11 is 0. The zero-order valence-electron chi connectivity index (χ0n) is 9.93. The first-order valence-corrected chi connectivity index (χ1v) is 6.05. The Bertz CT molecular complexity index is 568. The topological polar surface area (TPSA) is 0 Å². The fourth-order valence-corrected chi connectivity index (χ4v) is 2.03. The quantitative estimate of drug-likeness (QED) is 0.689. The van der Waals surface area contributed by atoms with E-state index in [1.54, 1.807) is 0 Å². The van der Waals surface area contributed by atoms with Gasteiger partial charge in [-0.25, -0.2) is 0 Å². The molecule has 3 rings (SSSR count). The number of benzene rings is 2. The Kier molecular flexibility index (Phi) is 2.87. The Balaban J connectivity index is 1.84. The highest BCUT2D eigenvalue weighted by atomic mass is 14.1. The summed E-state index contributed by atoms with van der Waals surface area (Å²) < 4.78 is 0. The molecular weight excluding hydrogens is 216 g/mol. The van der Waals surface area contributed by atoms with Crippen LogP contribution >= 0.6 is 0 Å². The molecule has 0 N–H and O–H groups in total. The summed E-state index contributed by atoms with van der Waals surface area (Å²) in [6.45, 7) is 0. The van der Waals surface area contributed by atoms with Crippen LogP contribution in [0, 0.1) is 23.7 Å². The van der Waals surface area contributed by atoms with E-state index < -0.39 is 0 Å². The zero-order chi connectivity index (χ0) is 12.2. The van der Waals surface area contributed by atoms with Gasteiger partial charge in [0.05, 0.1) is 0 Å². The minimum atomic E-state index is 0.0613. The minimum absolute atomic E-state index is 0.0613. The zero-order valence-corrected chi connectivity index (χ0v) is 9.93. The SMILES string of the molecule is C1#CC(c2ccccc2)C#CC1c1ccccc1. The molecule has 0 nitrogen and oxygen atoms in total. The van der Waals surface area contributed by atoms with Gasteiger partial charge in [0.1, 0.15) is 11.8 Å². The van der Waals surface area contributed by atoms with E-state index in [-0.39, 0.29) is 11.8 Å². The molecule has 0 radical (unpaired) electrons. The Morgan fingerprint density at radius 2 is 0.833 bits per heavy atom. The van der Waals surface area contributed by atoms with Crippen LogP contribution in [0.15, 0.2) is 60.7 Å². The van der Waals surface area contributed by atoms with Crippen molar-refractivity contribution in [1.29, 1.82) is 0 Å². The van der Waals surface area contributed by atoms with Crippen molar-refractivity contribution in [3.8, 4) is 23.7 Å². The Morgan fingerprint density at radius 1 is 0.500 bits per heavy atom. The molecule has 0 aliphatic heterocycles. The number of hydrogen-bond acceptors (Lipinski definition) is 0. The fraction of sp³-hybridized carbons (Fsp3) is 0.111. The fourth-order valence-electron chi connectivity index (χ4n) is 2.03. The summed E-state index contributed by atoms with van der Waals surface area (Å²) in [5, 5.41) is 0. The van der Waals surface area contributed by atoms with Crippen LogP contribution < -0.4 is 0 Å². The van der Waals surface area contributed by atoms with Crippen molar-refractivity contribution in [1.82, 2.24) is 0 Å². The van der Waals surface area contributed by atoms with E-state index in [0.29, 0.717) is 0 Å². The maximum atomic E-state index is 3.26. The van der Waals surface area contributed by atoms with Crippen molar-refractivity contribution in [3.05, 3.63) is 71.8 Å². The lowest BCUT2D eigenvalue weighted by molar-refractivity contribution is 1.09. The van der Waals surface area contributed by atoms with Gasteiger partial charge in [0, 0.05) is 0 Å². The van der Waals surface area contributed by atoms with Gasteiger partial charge >= 0.3 is 0 Å². The van der Waals surface area contributed by atoms with Crippen LogP contribution in [0.25, 0.3) is 0 Å². The molecule has 1 aliphatic carbocycles. The second kappa shape index (κ2) is 4.82. The lowest BCUT2D eigenvalue weighted by Gasteiger charge is -2.10. The van der Waals surface area contributed by atoms with Crippen LogP contribution in [0.2, 0.25) is 0 Å². The molecule has 0 saturated heterocycles. The molecule has 0 unspecified atom stereocenters. The Hall–Kier alpha value is -2.44. The van der Waals surface area contributed by atoms with Crippen molar-refractivity contribution in [3.63, 3.8) is 0 Å². The van der Waals surface area contributed by atoms with Crippen LogP contribution in [0.4, 0.5) is 0 Å². The predicted molar refractivity (Wildman–Crippen MR) is 73.9 cm³/mol. The van der Waals surface area contributed by atoms with Crippen molar-refractivity contribution in [2.45, 2.75) is 11.8 Å². The third-order valence-corrected chi connectivity index (χ3v) is 3.01. The van der Waals surface area contributed by atoms with Gasteiger partial charge in [0.15, 0.2) is 0 Å². The van der Waals surface area contributed by atoms with E-state index in [2.05, 4.69) is 47.9 Å². The largest absolute Gasteiger partial charge is 0.106 e. The van der Waals surface area contributed by atoms with Gasteiger partial charge in [-0.05, 0) is 11.1 Å². The second-order valence-corrected chi connectivity index (χ2v) is 4.26. The normalized spacial score (nSPS) is 20.2. The van der Waals surface area contributed by atoms with E-state index in [0.717, 1.165) is 0 Å². The highest BCUT2D eigenvalue weighted by Gasteiger charge is 2.11. The summed E-state index contributed by atoms with van der Waals surface area (Å²) in [5.74, 6) is 13.2. The highest BCUT2D eigenvalue weighted by Crippen LogP contribution is 2.20. The van der Waals surface area contributed by atoms with E-state index >= 15 is 0 Å². The van der Waals surface area contributed by atoms with Crippen LogP contribution in [0.1, 0.15) is 23.0 Å². The third-order valence-electron chi connectivity index (χ3n) is 3.01. The maximum absolute atomic E-state index is 3.26. The molecule has 0 fully saturated rings. The lowest BCUT2D eigenvalue weighted by atomic mass is 9.92. The molecule has 0 heteroatoms. The summed E-state index contributed by atoms with van der Waals surface area (Å²) in [6, 6.07) is 20.5. The summed E-state index contributed by atoms with van der Waals surface area (Å²) in [6.07, 6.45) is 0. The average molecular weight is 228 g/mol. The van der Waals surface area contributed by atoms with Crippen LogP contribution in [-0.4, -0.2) is 0 Å². The van der Waals surface area contributed by atoms with E-state index in [1.165, 1.54) is 11.1 Å². The molecule has 0 bridgehead atoms. The van der Waals surface area contributed by atoms with Gasteiger partial charge in [-0.15, -0.1) is 0 Å². The molecule has 0 heterocycles. The van der Waals surface area contributed by atoms with Crippen molar-refractivity contribution in [2.24, 2.45) is 0 Å². The average Bonchev–Trinajstić information content (AvgIpc) is 2.49. The molecule has 0 saturated carbocycles. The smallest absolute Gasteiger partial charge is 0.0802 e. The third kappa shape index (κ3) is 2.15. The first-order chi connectivity index (χ1) is 8.93. The molecule has 0 atom stereocenters. The van der Waals surface area contributed by atoms with E-state index in [9.17, 15) is 0 Å². The van der Waals surface area contributed by atoms with Gasteiger partial charge in [-0.1, -0.05) is 84.3 Å². The van der Waals surface area contributed by atoms with Crippen LogP contribution in [0.3, 0.4) is 0 Å². The summed E-state index contributed by atoms with van der Waals surface area (Å²) in [4.78, 5) is 0. The molecule has 1 aliphatic rings. The summed E-state index contributed by atoms with van der Waals surface area (Å²) in [5.41, 5.74) is 2.37. The molecule has 2 aromatic rings. The molecule has 0 spiro atoms.